The second-order valence-electron chi connectivity index (χ2n) is 16.9. The van der Waals surface area contributed by atoms with Gasteiger partial charge < -0.3 is 10.2 Å². The van der Waals surface area contributed by atoms with E-state index < -0.39 is 47.1 Å². The van der Waals surface area contributed by atoms with Crippen LogP contribution in [0.25, 0.3) is 5.57 Å². The SMILES string of the molecule is CC1CC[C@H](C)N1CC[C@H](CSc1ccccc1)Nc1ccc(S(=O)(=O)NC(=O)c2ccc(N3CCN(CC4=C(c5ccc(Cl)cc5)CCCC4)CC3)cc2)cc1S(=O)(=O)C(F)(F)F. The first-order valence-electron chi connectivity index (χ1n) is 21.8. The topological polar surface area (TPSA) is 119 Å². The number of anilines is 2. The number of hydrogen-bond acceptors (Lipinski definition) is 10. The molecule has 0 spiro atoms. The molecule has 2 heterocycles. The number of halogens is 4. The van der Waals surface area contributed by atoms with Crippen LogP contribution in [0.3, 0.4) is 0 Å². The highest BCUT2D eigenvalue weighted by molar-refractivity contribution is 7.99. The number of likely N-dealkylation sites (tertiary alicyclic amines) is 1. The summed E-state index contributed by atoms with van der Waals surface area (Å²) in [6, 6.07) is 26.6. The number of carbonyl (C=O) groups excluding carboxylic acids is 1. The third-order valence-corrected chi connectivity index (χ3v) is 16.8. The Labute approximate surface area is 384 Å². The zero-order valence-corrected chi connectivity index (χ0v) is 39.2. The molecule has 0 saturated carbocycles. The van der Waals surface area contributed by atoms with E-state index in [4.69, 9.17) is 11.6 Å². The van der Waals surface area contributed by atoms with Gasteiger partial charge in [0.1, 0.15) is 4.90 Å². The first-order chi connectivity index (χ1) is 30.5. The van der Waals surface area contributed by atoms with Gasteiger partial charge in [0, 0.05) is 84.3 Å². The molecular weight excluding hydrogens is 903 g/mol. The smallest absolute Gasteiger partial charge is 0.380 e. The zero-order valence-electron chi connectivity index (χ0n) is 36.0. The second kappa shape index (κ2) is 20.6. The highest BCUT2D eigenvalue weighted by atomic mass is 35.5. The minimum atomic E-state index is -6.04. The minimum Gasteiger partial charge on any atom is -0.380 e. The van der Waals surface area contributed by atoms with Crippen molar-refractivity contribution in [2.75, 3.05) is 55.2 Å². The predicted octanol–water partition coefficient (Wildman–Crippen LogP) is 9.74. The molecule has 0 aromatic heterocycles. The summed E-state index contributed by atoms with van der Waals surface area (Å²) in [6.45, 7) is 8.95. The maximum atomic E-state index is 14.2. The van der Waals surface area contributed by atoms with Crippen molar-refractivity contribution in [3.05, 3.63) is 119 Å². The van der Waals surface area contributed by atoms with Crippen LogP contribution in [0.15, 0.2) is 117 Å². The van der Waals surface area contributed by atoms with Gasteiger partial charge >= 0.3 is 5.51 Å². The van der Waals surface area contributed by atoms with Crippen LogP contribution in [0, 0.1) is 0 Å². The molecule has 2 N–H and O–H groups in total. The molecule has 1 amide bonds. The lowest BCUT2D eigenvalue weighted by molar-refractivity contribution is -0.0435. The van der Waals surface area contributed by atoms with Crippen LogP contribution < -0.4 is 14.9 Å². The van der Waals surface area contributed by atoms with E-state index in [0.29, 0.717) is 36.9 Å². The quantitative estimate of drug-likeness (QED) is 0.105. The standard InChI is InChI=1S/C47H55ClF3N5O5S3/c1-33-12-13-34(2)56(33)25-24-39(32-62-41-9-4-3-5-10-41)52-44-23-22-42(30-45(44)63(58,59)47(49,50)51)64(60,61)53-46(57)36-16-20-40(21-17-36)55-28-26-54(27-29-55)31-37-8-6-7-11-43(37)35-14-18-38(48)19-15-35/h3-5,9-10,14-23,30,33-34,39,52H,6-8,11-13,24-29,31-32H2,1-2H3,(H,53,57)/t33-,34?,39+/m0/s1. The van der Waals surface area contributed by atoms with Crippen molar-refractivity contribution in [3.63, 3.8) is 0 Å². The number of piperazine rings is 1. The number of carbonyl (C=O) groups is 1. The monoisotopic (exact) mass is 957 g/mol. The first kappa shape index (κ1) is 47.9. The fraction of sp³-hybridized carbons (Fsp3) is 0.426. The molecule has 0 radical (unpaired) electrons. The van der Waals surface area contributed by atoms with Crippen LogP contribution in [0.4, 0.5) is 24.5 Å². The summed E-state index contributed by atoms with van der Waals surface area (Å²) >= 11 is 7.62. The molecule has 3 aliphatic rings. The average molecular weight is 959 g/mol. The average Bonchev–Trinajstić information content (AvgIpc) is 3.60. The Hall–Kier alpha value is -4.06. The van der Waals surface area contributed by atoms with Gasteiger partial charge in [-0.05, 0) is 137 Å². The molecule has 7 rings (SSSR count). The molecule has 1 aliphatic carbocycles. The van der Waals surface area contributed by atoms with Crippen LogP contribution in [0.5, 0.6) is 0 Å². The van der Waals surface area contributed by atoms with Crippen LogP contribution >= 0.6 is 23.4 Å². The Morgan fingerprint density at radius 3 is 2.16 bits per heavy atom. The predicted molar refractivity (Wildman–Crippen MR) is 250 cm³/mol. The summed E-state index contributed by atoms with van der Waals surface area (Å²) in [4.78, 5) is 19.2. The van der Waals surface area contributed by atoms with Crippen molar-refractivity contribution in [2.24, 2.45) is 0 Å². The van der Waals surface area contributed by atoms with Gasteiger partial charge in [0.2, 0.25) is 0 Å². The zero-order chi connectivity index (χ0) is 45.6. The van der Waals surface area contributed by atoms with E-state index in [-0.39, 0.29) is 11.3 Å². The van der Waals surface area contributed by atoms with Crippen LogP contribution in [0.2, 0.25) is 5.02 Å². The van der Waals surface area contributed by atoms with Crippen LogP contribution in [-0.4, -0.2) is 101 Å². The molecule has 17 heteroatoms. The molecule has 2 saturated heterocycles. The van der Waals surface area contributed by atoms with E-state index in [9.17, 15) is 34.8 Å². The Bertz CT molecular complexity index is 2490. The largest absolute Gasteiger partial charge is 0.501 e. The van der Waals surface area contributed by atoms with E-state index in [1.807, 2.05) is 47.2 Å². The number of amides is 1. The van der Waals surface area contributed by atoms with Crippen molar-refractivity contribution in [3.8, 4) is 0 Å². The molecule has 4 aromatic rings. The molecule has 3 atom stereocenters. The normalized spacial score (nSPS) is 19.8. The summed E-state index contributed by atoms with van der Waals surface area (Å²) in [5.74, 6) is -0.623. The van der Waals surface area contributed by atoms with Gasteiger partial charge in [-0.2, -0.15) is 13.2 Å². The van der Waals surface area contributed by atoms with Crippen molar-refractivity contribution in [2.45, 2.75) is 97.1 Å². The Morgan fingerprint density at radius 2 is 1.50 bits per heavy atom. The molecule has 10 nitrogen and oxygen atoms in total. The van der Waals surface area contributed by atoms with Gasteiger partial charge in [0.25, 0.3) is 25.8 Å². The third kappa shape index (κ3) is 11.7. The first-order valence-corrected chi connectivity index (χ1v) is 26.1. The molecule has 1 unspecified atom stereocenters. The fourth-order valence-corrected chi connectivity index (χ4v) is 12.0. The molecule has 4 aromatic carbocycles. The molecular formula is C47H55ClF3N5O5S3. The Balaban J connectivity index is 1.02. The third-order valence-electron chi connectivity index (χ3n) is 12.6. The maximum Gasteiger partial charge on any atom is 0.501 e. The van der Waals surface area contributed by atoms with E-state index in [1.54, 1.807) is 12.1 Å². The van der Waals surface area contributed by atoms with Crippen LogP contribution in [-0.2, 0) is 19.9 Å². The summed E-state index contributed by atoms with van der Waals surface area (Å²) in [5, 5.41) is 3.76. The van der Waals surface area contributed by atoms with Crippen LogP contribution in [0.1, 0.15) is 74.7 Å². The minimum absolute atomic E-state index is 0.00625. The van der Waals surface area contributed by atoms with E-state index in [1.165, 1.54) is 53.4 Å². The number of thioether (sulfide) groups is 1. The number of alkyl halides is 3. The van der Waals surface area contributed by atoms with Gasteiger partial charge in [-0.25, -0.2) is 21.6 Å². The van der Waals surface area contributed by atoms with Gasteiger partial charge in [-0.3, -0.25) is 14.6 Å². The number of hydrogen-bond donors (Lipinski definition) is 2. The van der Waals surface area contributed by atoms with E-state index >= 15 is 0 Å². The summed E-state index contributed by atoms with van der Waals surface area (Å²) < 4.78 is 97.9. The van der Waals surface area contributed by atoms with Crippen molar-refractivity contribution >= 4 is 66.1 Å². The van der Waals surface area contributed by atoms with Gasteiger partial charge in [0.05, 0.1) is 10.6 Å². The number of sulfone groups is 1. The molecule has 2 aliphatic heterocycles. The number of sulfonamides is 1. The lowest BCUT2D eigenvalue weighted by Crippen LogP contribution is -2.47. The van der Waals surface area contributed by atoms with Crippen molar-refractivity contribution in [1.29, 1.82) is 0 Å². The number of nitrogens with zero attached hydrogens (tertiary/aromatic N) is 3. The van der Waals surface area contributed by atoms with Crippen molar-refractivity contribution in [1.82, 2.24) is 14.5 Å². The fourth-order valence-electron chi connectivity index (χ4n) is 8.90. The number of rotatable bonds is 16. The Kier molecular flexibility index (Phi) is 15.4. The van der Waals surface area contributed by atoms with Crippen molar-refractivity contribution < 1.29 is 34.8 Å². The number of allylic oxidation sites excluding steroid dienone is 1. The Morgan fingerprint density at radius 1 is 0.844 bits per heavy atom. The highest BCUT2D eigenvalue weighted by Crippen LogP contribution is 2.38. The molecule has 2 fully saturated rings. The summed E-state index contributed by atoms with van der Waals surface area (Å²) in [6.07, 6.45) is 6.99. The lowest BCUT2D eigenvalue weighted by Gasteiger charge is -2.37. The highest BCUT2D eigenvalue weighted by Gasteiger charge is 2.48. The number of nitrogens with one attached hydrogen (secondary N) is 2. The van der Waals surface area contributed by atoms with Gasteiger partial charge in [0.15, 0.2) is 0 Å². The lowest BCUT2D eigenvalue weighted by atomic mass is 9.87. The summed E-state index contributed by atoms with van der Waals surface area (Å²) in [7, 11) is -10.9. The van der Waals surface area contributed by atoms with Gasteiger partial charge in [-0.15, -0.1) is 11.8 Å². The maximum absolute atomic E-state index is 14.2. The second-order valence-corrected chi connectivity index (χ2v) is 22.0. The van der Waals surface area contributed by atoms with E-state index in [0.717, 1.165) is 86.1 Å². The molecule has 64 heavy (non-hydrogen) atoms. The molecule has 0 bridgehead atoms. The van der Waals surface area contributed by atoms with Gasteiger partial charge in [-0.1, -0.05) is 47.5 Å². The molecule has 344 valence electrons. The number of benzene rings is 4. The van der Waals surface area contributed by atoms with E-state index in [2.05, 4.69) is 46.0 Å². The summed E-state index contributed by atoms with van der Waals surface area (Å²) in [5.41, 5.74) is -1.15.